The van der Waals surface area contributed by atoms with E-state index in [1.54, 1.807) is 31.6 Å². The fourth-order valence-electron chi connectivity index (χ4n) is 3.12. The first-order valence-electron chi connectivity index (χ1n) is 8.79. The lowest BCUT2D eigenvalue weighted by atomic mass is 9.86. The molecule has 0 saturated heterocycles. The van der Waals surface area contributed by atoms with Crippen LogP contribution in [0.25, 0.3) is 11.5 Å². The number of nitrogens with zero attached hydrogens (tertiary/aromatic N) is 3. The number of fused-ring (bicyclic) bond motifs is 1. The van der Waals surface area contributed by atoms with Gasteiger partial charge in [-0.25, -0.2) is 9.97 Å². The Balaban J connectivity index is 1.59. The van der Waals surface area contributed by atoms with Gasteiger partial charge in [-0.05, 0) is 24.6 Å². The summed E-state index contributed by atoms with van der Waals surface area (Å²) in [7, 11) is 0. The Hall–Kier alpha value is -3.69. The van der Waals surface area contributed by atoms with Crippen LogP contribution in [-0.2, 0) is 14.3 Å². The highest BCUT2D eigenvalue weighted by atomic mass is 16.5. The molecule has 3 aromatic rings. The maximum absolute atomic E-state index is 12.1. The van der Waals surface area contributed by atoms with Gasteiger partial charge in [-0.1, -0.05) is 0 Å². The number of carbonyl (C=O) groups is 2. The molecule has 144 valence electrons. The zero-order valence-corrected chi connectivity index (χ0v) is 15.1. The van der Waals surface area contributed by atoms with Gasteiger partial charge in [0.15, 0.2) is 11.6 Å². The second-order valence-electron chi connectivity index (χ2n) is 6.14. The highest BCUT2D eigenvalue weighted by Crippen LogP contribution is 2.41. The van der Waals surface area contributed by atoms with Crippen molar-refractivity contribution in [2.45, 2.75) is 19.3 Å². The summed E-state index contributed by atoms with van der Waals surface area (Å²) < 4.78 is 10.3. The monoisotopic (exact) mass is 382 g/mol. The Morgan fingerprint density at radius 2 is 2.21 bits per heavy atom. The standard InChI is InChI=1S/C18H18N6O4/c1-2-27-14(26)9-21-18-19-7-10(8-20-18)11-6-13(25)22-17-15(11)16(23-24-17)12-4-3-5-28-12/h3-5,7-8,11H,2,6,9H2,1H3,(H,19,20,21)(H2,22,23,24,25)/t11-/m1/s1. The van der Waals surface area contributed by atoms with Crippen LogP contribution >= 0.6 is 0 Å². The van der Waals surface area contributed by atoms with Crippen LogP contribution in [0, 0.1) is 0 Å². The van der Waals surface area contributed by atoms with Crippen LogP contribution in [0.4, 0.5) is 11.8 Å². The van der Waals surface area contributed by atoms with Crippen molar-refractivity contribution < 1.29 is 18.7 Å². The van der Waals surface area contributed by atoms with E-state index in [0.29, 0.717) is 29.8 Å². The molecule has 4 rings (SSSR count). The van der Waals surface area contributed by atoms with Crippen LogP contribution in [0.3, 0.4) is 0 Å². The zero-order valence-electron chi connectivity index (χ0n) is 15.1. The number of furan rings is 1. The van der Waals surface area contributed by atoms with Gasteiger partial charge in [-0.3, -0.25) is 14.7 Å². The number of ether oxygens (including phenoxy) is 1. The van der Waals surface area contributed by atoms with Crippen LogP contribution < -0.4 is 10.6 Å². The van der Waals surface area contributed by atoms with E-state index >= 15 is 0 Å². The molecular formula is C18H18N6O4. The summed E-state index contributed by atoms with van der Waals surface area (Å²) in [6.07, 6.45) is 5.07. The largest absolute Gasteiger partial charge is 0.465 e. The molecule has 28 heavy (non-hydrogen) atoms. The minimum atomic E-state index is -0.384. The van der Waals surface area contributed by atoms with Crippen molar-refractivity contribution in [3.8, 4) is 11.5 Å². The number of carbonyl (C=O) groups excluding carboxylic acids is 2. The fraction of sp³-hybridized carbons (Fsp3) is 0.278. The van der Waals surface area contributed by atoms with Crippen LogP contribution in [0.2, 0.25) is 0 Å². The molecular weight excluding hydrogens is 364 g/mol. The molecule has 10 nitrogen and oxygen atoms in total. The number of rotatable bonds is 6. The lowest BCUT2D eigenvalue weighted by molar-refractivity contribution is -0.140. The number of aromatic amines is 1. The highest BCUT2D eigenvalue weighted by Gasteiger charge is 2.33. The first-order valence-corrected chi connectivity index (χ1v) is 8.79. The van der Waals surface area contributed by atoms with Crippen molar-refractivity contribution >= 4 is 23.6 Å². The zero-order chi connectivity index (χ0) is 19.5. The van der Waals surface area contributed by atoms with Gasteiger partial charge in [-0.2, -0.15) is 5.10 Å². The third-order valence-corrected chi connectivity index (χ3v) is 4.34. The number of H-pyrrole nitrogens is 1. The second-order valence-corrected chi connectivity index (χ2v) is 6.14. The molecule has 0 unspecified atom stereocenters. The molecule has 0 spiro atoms. The topological polar surface area (TPSA) is 135 Å². The molecule has 1 atom stereocenters. The van der Waals surface area contributed by atoms with Crippen molar-refractivity contribution in [1.82, 2.24) is 20.2 Å². The number of hydrogen-bond acceptors (Lipinski definition) is 8. The number of hydrogen-bond donors (Lipinski definition) is 3. The molecule has 0 radical (unpaired) electrons. The maximum Gasteiger partial charge on any atom is 0.325 e. The molecule has 4 heterocycles. The van der Waals surface area contributed by atoms with E-state index in [2.05, 4.69) is 30.8 Å². The third kappa shape index (κ3) is 3.43. The quantitative estimate of drug-likeness (QED) is 0.550. The van der Waals surface area contributed by atoms with Gasteiger partial charge >= 0.3 is 5.97 Å². The Bertz CT molecular complexity index is 980. The summed E-state index contributed by atoms with van der Waals surface area (Å²) in [5.41, 5.74) is 2.28. The van der Waals surface area contributed by atoms with Crippen LogP contribution in [0.1, 0.15) is 30.4 Å². The molecule has 1 aliphatic heterocycles. The smallest absolute Gasteiger partial charge is 0.325 e. The number of anilines is 2. The Morgan fingerprint density at radius 3 is 2.93 bits per heavy atom. The lowest BCUT2D eigenvalue weighted by Gasteiger charge is -2.22. The van der Waals surface area contributed by atoms with Crippen molar-refractivity contribution in [3.63, 3.8) is 0 Å². The summed E-state index contributed by atoms with van der Waals surface area (Å²) in [5, 5.41) is 12.7. The molecule has 10 heteroatoms. The van der Waals surface area contributed by atoms with E-state index in [1.165, 1.54) is 0 Å². The molecule has 0 fully saturated rings. The summed E-state index contributed by atoms with van der Waals surface area (Å²) in [4.78, 5) is 32.0. The molecule has 1 aliphatic rings. The van der Waals surface area contributed by atoms with Crippen LogP contribution in [0.15, 0.2) is 35.2 Å². The van der Waals surface area contributed by atoms with Crippen molar-refractivity contribution in [3.05, 3.63) is 41.9 Å². The average Bonchev–Trinajstić information content (AvgIpc) is 3.36. The van der Waals surface area contributed by atoms with Gasteiger partial charge < -0.3 is 19.8 Å². The molecule has 3 N–H and O–H groups in total. The minimum absolute atomic E-state index is 0.0203. The minimum Gasteiger partial charge on any atom is -0.465 e. The first-order chi connectivity index (χ1) is 13.7. The van der Waals surface area contributed by atoms with Gasteiger partial charge in [0.1, 0.15) is 12.2 Å². The van der Waals surface area contributed by atoms with E-state index in [1.807, 2.05) is 6.07 Å². The summed E-state index contributed by atoms with van der Waals surface area (Å²) in [6.45, 7) is 2.03. The van der Waals surface area contributed by atoms with Gasteiger partial charge in [0, 0.05) is 30.3 Å². The molecule has 0 bridgehead atoms. The predicted molar refractivity (Wildman–Crippen MR) is 98.5 cm³/mol. The number of esters is 1. The van der Waals surface area contributed by atoms with Crippen molar-refractivity contribution in [2.75, 3.05) is 23.8 Å². The Labute approximate surface area is 159 Å². The first kappa shape index (κ1) is 17.7. The Morgan fingerprint density at radius 1 is 1.39 bits per heavy atom. The number of aromatic nitrogens is 4. The van der Waals surface area contributed by atoms with E-state index in [9.17, 15) is 9.59 Å². The number of nitrogens with one attached hydrogen (secondary N) is 3. The van der Waals surface area contributed by atoms with Crippen molar-refractivity contribution in [1.29, 1.82) is 0 Å². The van der Waals surface area contributed by atoms with E-state index in [0.717, 1.165) is 11.1 Å². The van der Waals surface area contributed by atoms with Crippen LogP contribution in [0.5, 0.6) is 0 Å². The molecule has 0 aliphatic carbocycles. The lowest BCUT2D eigenvalue weighted by Crippen LogP contribution is -2.23. The van der Waals surface area contributed by atoms with Crippen molar-refractivity contribution in [2.24, 2.45) is 0 Å². The molecule has 0 aromatic carbocycles. The molecule has 1 amide bonds. The van der Waals surface area contributed by atoms with Gasteiger partial charge in [0.05, 0.1) is 12.9 Å². The maximum atomic E-state index is 12.1. The van der Waals surface area contributed by atoms with Gasteiger partial charge in [0.2, 0.25) is 11.9 Å². The highest BCUT2D eigenvalue weighted by molar-refractivity contribution is 5.95. The molecule has 3 aromatic heterocycles. The summed E-state index contributed by atoms with van der Waals surface area (Å²) in [6, 6.07) is 3.60. The van der Waals surface area contributed by atoms with Crippen LogP contribution in [-0.4, -0.2) is 45.2 Å². The normalized spacial score (nSPS) is 15.6. The molecule has 0 saturated carbocycles. The van der Waals surface area contributed by atoms with E-state index < -0.39 is 0 Å². The Kier molecular flexibility index (Phi) is 4.75. The predicted octanol–water partition coefficient (Wildman–Crippen LogP) is 1.91. The SMILES string of the molecule is CCOC(=O)CNc1ncc([C@H]2CC(=O)Nc3n[nH]c(-c4ccco4)c32)cn1. The number of amides is 1. The fourth-order valence-corrected chi connectivity index (χ4v) is 3.12. The van der Waals surface area contributed by atoms with E-state index in [4.69, 9.17) is 9.15 Å². The summed E-state index contributed by atoms with van der Waals surface area (Å²) in [5.74, 6) is 0.600. The second kappa shape index (κ2) is 7.51. The van der Waals surface area contributed by atoms with Gasteiger partial charge in [-0.15, -0.1) is 0 Å². The van der Waals surface area contributed by atoms with E-state index in [-0.39, 0.29) is 30.8 Å². The van der Waals surface area contributed by atoms with Gasteiger partial charge in [0.25, 0.3) is 0 Å². The third-order valence-electron chi connectivity index (χ3n) is 4.34. The summed E-state index contributed by atoms with van der Waals surface area (Å²) >= 11 is 0. The average molecular weight is 382 g/mol.